The highest BCUT2D eigenvalue weighted by atomic mass is 16.3. The largest absolute Gasteiger partial charge is 0.393 e. The van der Waals surface area contributed by atoms with Gasteiger partial charge < -0.3 is 10.0 Å². The van der Waals surface area contributed by atoms with E-state index in [1.165, 1.54) is 0 Å². The second kappa shape index (κ2) is 5.92. The Kier molecular flexibility index (Phi) is 4.46. The highest BCUT2D eigenvalue weighted by molar-refractivity contribution is 5.85. The molecule has 4 heteroatoms. The number of nitrogens with zero attached hydrogens (tertiary/aromatic N) is 2. The molecule has 1 amide bonds. The zero-order chi connectivity index (χ0) is 13.9. The van der Waals surface area contributed by atoms with Crippen molar-refractivity contribution in [1.82, 2.24) is 4.90 Å². The van der Waals surface area contributed by atoms with Gasteiger partial charge in [-0.1, -0.05) is 19.3 Å². The third kappa shape index (κ3) is 2.92. The van der Waals surface area contributed by atoms with Crippen LogP contribution in [0.4, 0.5) is 0 Å². The van der Waals surface area contributed by atoms with Gasteiger partial charge >= 0.3 is 0 Å². The summed E-state index contributed by atoms with van der Waals surface area (Å²) in [5.41, 5.74) is -0.754. The van der Waals surface area contributed by atoms with E-state index in [-0.39, 0.29) is 12.0 Å². The number of carbonyl (C=O) groups is 1. The van der Waals surface area contributed by atoms with Crippen LogP contribution in [0.2, 0.25) is 0 Å². The third-order valence-corrected chi connectivity index (χ3v) is 4.84. The lowest BCUT2D eigenvalue weighted by molar-refractivity contribution is -0.142. The summed E-state index contributed by atoms with van der Waals surface area (Å²) in [4.78, 5) is 14.5. The van der Waals surface area contributed by atoms with Crippen molar-refractivity contribution in [3.63, 3.8) is 0 Å². The minimum absolute atomic E-state index is 0.0405. The molecule has 1 aliphatic heterocycles. The van der Waals surface area contributed by atoms with Crippen LogP contribution in [0, 0.1) is 22.7 Å². The number of likely N-dealkylation sites (tertiary alicyclic amines) is 1. The van der Waals surface area contributed by atoms with E-state index in [1.807, 2.05) is 11.8 Å². The highest BCUT2D eigenvalue weighted by Gasteiger charge is 2.43. The zero-order valence-electron chi connectivity index (χ0n) is 11.8. The summed E-state index contributed by atoms with van der Waals surface area (Å²) >= 11 is 0. The number of aliphatic hydroxyl groups is 1. The molecule has 2 fully saturated rings. The van der Waals surface area contributed by atoms with Gasteiger partial charge in [-0.2, -0.15) is 5.26 Å². The minimum atomic E-state index is -0.754. The fraction of sp³-hybridized carbons (Fsp3) is 0.867. The average Bonchev–Trinajstić information content (AvgIpc) is 2.47. The van der Waals surface area contributed by atoms with Crippen molar-refractivity contribution in [1.29, 1.82) is 5.26 Å². The van der Waals surface area contributed by atoms with Gasteiger partial charge in [-0.15, -0.1) is 0 Å². The van der Waals surface area contributed by atoms with Crippen LogP contribution in [-0.4, -0.2) is 35.1 Å². The van der Waals surface area contributed by atoms with Gasteiger partial charge in [-0.3, -0.25) is 4.79 Å². The summed E-state index contributed by atoms with van der Waals surface area (Å²) in [6.45, 7) is 3.20. The summed E-state index contributed by atoms with van der Waals surface area (Å²) in [6.07, 6.45) is 5.97. The van der Waals surface area contributed by atoms with Crippen LogP contribution < -0.4 is 0 Å². The number of hydrogen-bond donors (Lipinski definition) is 1. The van der Waals surface area contributed by atoms with Crippen molar-refractivity contribution in [2.45, 2.75) is 58.0 Å². The van der Waals surface area contributed by atoms with E-state index in [2.05, 4.69) is 6.07 Å². The smallest absolute Gasteiger partial charge is 0.243 e. The molecule has 1 N–H and O–H groups in total. The van der Waals surface area contributed by atoms with Gasteiger partial charge in [0.05, 0.1) is 12.2 Å². The summed E-state index contributed by atoms with van der Waals surface area (Å²) in [6, 6.07) is 2.31. The minimum Gasteiger partial charge on any atom is -0.393 e. The number of rotatable bonds is 2. The first-order valence-corrected chi connectivity index (χ1v) is 7.48. The first-order chi connectivity index (χ1) is 9.09. The van der Waals surface area contributed by atoms with Gasteiger partial charge in [0.25, 0.3) is 0 Å². The predicted octanol–water partition coefficient (Wildman–Crippen LogP) is 2.08. The van der Waals surface area contributed by atoms with E-state index >= 15 is 0 Å². The van der Waals surface area contributed by atoms with Crippen LogP contribution in [0.5, 0.6) is 0 Å². The van der Waals surface area contributed by atoms with Crippen molar-refractivity contribution in [3.05, 3.63) is 0 Å². The molecule has 0 bridgehead atoms. The van der Waals surface area contributed by atoms with Crippen molar-refractivity contribution in [2.75, 3.05) is 13.1 Å². The molecule has 1 heterocycles. The molecule has 1 saturated carbocycles. The van der Waals surface area contributed by atoms with Crippen LogP contribution in [0.25, 0.3) is 0 Å². The van der Waals surface area contributed by atoms with Crippen LogP contribution in [0.1, 0.15) is 51.9 Å². The zero-order valence-corrected chi connectivity index (χ0v) is 11.8. The number of aliphatic hydroxyl groups excluding tert-OH is 1. The monoisotopic (exact) mass is 264 g/mol. The Morgan fingerprint density at radius 1 is 1.32 bits per heavy atom. The molecular formula is C15H24N2O2. The van der Waals surface area contributed by atoms with Gasteiger partial charge in [0.15, 0.2) is 0 Å². The summed E-state index contributed by atoms with van der Waals surface area (Å²) < 4.78 is 0. The molecule has 106 valence electrons. The average molecular weight is 264 g/mol. The molecule has 0 aromatic carbocycles. The number of amides is 1. The van der Waals surface area contributed by atoms with Gasteiger partial charge in [0.2, 0.25) is 5.91 Å². The van der Waals surface area contributed by atoms with Gasteiger partial charge in [0, 0.05) is 13.1 Å². The molecule has 1 atom stereocenters. The molecule has 1 unspecified atom stereocenters. The normalized spacial score (nSPS) is 25.6. The molecule has 0 spiro atoms. The first kappa shape index (κ1) is 14.3. The van der Waals surface area contributed by atoms with Crippen molar-refractivity contribution in [2.24, 2.45) is 11.3 Å². The number of piperidine rings is 1. The molecule has 2 rings (SSSR count). The maximum Gasteiger partial charge on any atom is 0.243 e. The second-order valence-electron chi connectivity index (χ2n) is 6.12. The summed E-state index contributed by atoms with van der Waals surface area (Å²) in [5, 5.41) is 19.0. The molecule has 1 aliphatic carbocycles. The van der Waals surface area contributed by atoms with E-state index < -0.39 is 5.41 Å². The van der Waals surface area contributed by atoms with E-state index in [9.17, 15) is 15.2 Å². The van der Waals surface area contributed by atoms with Crippen molar-refractivity contribution >= 4 is 5.91 Å². The highest BCUT2D eigenvalue weighted by Crippen LogP contribution is 2.38. The van der Waals surface area contributed by atoms with E-state index in [1.54, 1.807) is 0 Å². The standard InChI is InChI=1S/C15H24N2O2/c1-12(18)13-5-9-17(10-6-13)14(19)15(11-16)7-3-2-4-8-15/h12-13,18H,2-10H2,1H3. The van der Waals surface area contributed by atoms with Crippen molar-refractivity contribution < 1.29 is 9.90 Å². The van der Waals surface area contributed by atoms with Gasteiger partial charge in [-0.05, 0) is 38.5 Å². The van der Waals surface area contributed by atoms with Gasteiger partial charge in [0.1, 0.15) is 5.41 Å². The molecule has 0 aromatic heterocycles. The molecule has 2 aliphatic rings. The molecular weight excluding hydrogens is 240 g/mol. The Balaban J connectivity index is 1.98. The number of nitriles is 1. The van der Waals surface area contributed by atoms with Crippen LogP contribution in [-0.2, 0) is 4.79 Å². The lowest BCUT2D eigenvalue weighted by Gasteiger charge is -2.39. The van der Waals surface area contributed by atoms with Crippen LogP contribution >= 0.6 is 0 Å². The Morgan fingerprint density at radius 2 is 1.89 bits per heavy atom. The summed E-state index contributed by atoms with van der Waals surface area (Å²) in [5.74, 6) is 0.340. The second-order valence-corrected chi connectivity index (χ2v) is 6.12. The Hall–Kier alpha value is -1.08. The quantitative estimate of drug-likeness (QED) is 0.830. The fourth-order valence-corrected chi connectivity index (χ4v) is 3.42. The molecule has 0 radical (unpaired) electrons. The van der Waals surface area contributed by atoms with Crippen molar-refractivity contribution in [3.8, 4) is 6.07 Å². The summed E-state index contributed by atoms with van der Waals surface area (Å²) in [7, 11) is 0. The molecule has 19 heavy (non-hydrogen) atoms. The lowest BCUT2D eigenvalue weighted by atomic mass is 9.73. The maximum absolute atomic E-state index is 12.6. The molecule has 4 nitrogen and oxygen atoms in total. The molecule has 1 saturated heterocycles. The first-order valence-electron chi connectivity index (χ1n) is 7.48. The topological polar surface area (TPSA) is 64.3 Å². The number of carbonyl (C=O) groups excluding carboxylic acids is 1. The lowest BCUT2D eigenvalue weighted by Crippen LogP contribution is -2.48. The Morgan fingerprint density at radius 3 is 2.37 bits per heavy atom. The van der Waals surface area contributed by atoms with E-state index in [0.29, 0.717) is 19.0 Å². The third-order valence-electron chi connectivity index (χ3n) is 4.84. The van der Waals surface area contributed by atoms with Crippen LogP contribution in [0.15, 0.2) is 0 Å². The Labute approximate surface area is 115 Å². The Bertz CT molecular complexity index is 359. The molecule has 0 aromatic rings. The maximum atomic E-state index is 12.6. The predicted molar refractivity (Wildman–Crippen MR) is 72.1 cm³/mol. The SMILES string of the molecule is CC(O)C1CCN(C(=O)C2(C#N)CCCCC2)CC1. The van der Waals surface area contributed by atoms with E-state index in [0.717, 1.165) is 44.9 Å². The fourth-order valence-electron chi connectivity index (χ4n) is 3.42. The number of hydrogen-bond acceptors (Lipinski definition) is 3. The van der Waals surface area contributed by atoms with Crippen LogP contribution in [0.3, 0.4) is 0 Å². The van der Waals surface area contributed by atoms with E-state index in [4.69, 9.17) is 0 Å². The van der Waals surface area contributed by atoms with Gasteiger partial charge in [-0.25, -0.2) is 0 Å².